The van der Waals surface area contributed by atoms with Crippen LogP contribution in [0.3, 0.4) is 0 Å². The van der Waals surface area contributed by atoms with Gasteiger partial charge in [-0.15, -0.1) is 0 Å². The Morgan fingerprint density at radius 2 is 2.09 bits per heavy atom. The summed E-state index contributed by atoms with van der Waals surface area (Å²) >= 11 is 6.28. The molecule has 2 aliphatic heterocycles. The van der Waals surface area contributed by atoms with Crippen molar-refractivity contribution in [2.45, 2.75) is 25.9 Å². The maximum absolute atomic E-state index is 6.28. The minimum Gasteiger partial charge on any atom is -0.492 e. The Morgan fingerprint density at radius 1 is 1.27 bits per heavy atom. The summed E-state index contributed by atoms with van der Waals surface area (Å²) in [6.45, 7) is 10.6. The predicted octanol–water partition coefficient (Wildman–Crippen LogP) is 2.22. The van der Waals surface area contributed by atoms with Crippen molar-refractivity contribution in [1.29, 1.82) is 0 Å². The highest BCUT2D eigenvalue weighted by Crippen LogP contribution is 2.26. The molecule has 4 nitrogen and oxygen atoms in total. The largest absolute Gasteiger partial charge is 0.492 e. The zero-order valence-electron chi connectivity index (χ0n) is 13.4. The zero-order chi connectivity index (χ0) is 15.4. The van der Waals surface area contributed by atoms with Crippen molar-refractivity contribution >= 4 is 11.6 Å². The van der Waals surface area contributed by atoms with Crippen molar-refractivity contribution in [3.63, 3.8) is 0 Å². The van der Waals surface area contributed by atoms with E-state index >= 15 is 0 Å². The normalized spacial score (nSPS) is 23.8. The number of halogens is 1. The van der Waals surface area contributed by atoms with Gasteiger partial charge in [-0.3, -0.25) is 9.80 Å². The van der Waals surface area contributed by atoms with E-state index in [2.05, 4.69) is 21.2 Å². The van der Waals surface area contributed by atoms with E-state index in [0.29, 0.717) is 6.61 Å². The molecule has 1 aromatic carbocycles. The van der Waals surface area contributed by atoms with Crippen molar-refractivity contribution < 1.29 is 4.74 Å². The Bertz CT molecular complexity index is 483. The monoisotopic (exact) mass is 323 g/mol. The molecule has 0 aliphatic carbocycles. The number of benzene rings is 1. The van der Waals surface area contributed by atoms with Crippen LogP contribution in [-0.4, -0.2) is 61.7 Å². The van der Waals surface area contributed by atoms with Crippen molar-refractivity contribution in [1.82, 2.24) is 15.1 Å². The first-order valence-electron chi connectivity index (χ1n) is 8.34. The molecule has 122 valence electrons. The second-order valence-corrected chi connectivity index (χ2v) is 6.56. The van der Waals surface area contributed by atoms with Crippen LogP contribution < -0.4 is 10.1 Å². The zero-order valence-corrected chi connectivity index (χ0v) is 14.1. The molecule has 0 unspecified atom stereocenters. The van der Waals surface area contributed by atoms with Crippen molar-refractivity contribution in [3.8, 4) is 5.75 Å². The third-order valence-electron chi connectivity index (χ3n) is 4.66. The van der Waals surface area contributed by atoms with Crippen LogP contribution in [0.2, 0.25) is 5.02 Å². The second-order valence-electron chi connectivity index (χ2n) is 6.16. The van der Waals surface area contributed by atoms with Gasteiger partial charge < -0.3 is 10.1 Å². The predicted molar refractivity (Wildman–Crippen MR) is 90.7 cm³/mol. The van der Waals surface area contributed by atoms with E-state index in [1.54, 1.807) is 0 Å². The molecule has 0 spiro atoms. The van der Waals surface area contributed by atoms with Gasteiger partial charge in [-0.2, -0.15) is 0 Å². The van der Waals surface area contributed by atoms with Crippen LogP contribution in [0.5, 0.6) is 5.75 Å². The van der Waals surface area contributed by atoms with Crippen molar-refractivity contribution in [3.05, 3.63) is 28.8 Å². The van der Waals surface area contributed by atoms with Crippen molar-refractivity contribution in [2.24, 2.45) is 0 Å². The summed E-state index contributed by atoms with van der Waals surface area (Å²) in [5.41, 5.74) is 1.27. The summed E-state index contributed by atoms with van der Waals surface area (Å²) < 4.78 is 5.49. The molecule has 0 aromatic heterocycles. The highest BCUT2D eigenvalue weighted by Gasteiger charge is 2.25. The Morgan fingerprint density at radius 3 is 2.73 bits per heavy atom. The lowest BCUT2D eigenvalue weighted by molar-refractivity contribution is 0.0981. The van der Waals surface area contributed by atoms with E-state index in [4.69, 9.17) is 16.3 Å². The average molecular weight is 324 g/mol. The minimum absolute atomic E-state index is 0.650. The smallest absolute Gasteiger partial charge is 0.137 e. The molecule has 2 heterocycles. The highest BCUT2D eigenvalue weighted by atomic mass is 35.5. The summed E-state index contributed by atoms with van der Waals surface area (Å²) in [7, 11) is 0. The van der Waals surface area contributed by atoms with E-state index < -0.39 is 0 Å². The first-order chi connectivity index (χ1) is 10.8. The number of hydrogen-bond acceptors (Lipinski definition) is 4. The van der Waals surface area contributed by atoms with Gasteiger partial charge in [-0.25, -0.2) is 0 Å². The van der Waals surface area contributed by atoms with Gasteiger partial charge in [0.1, 0.15) is 5.75 Å². The third-order valence-corrected chi connectivity index (χ3v) is 4.96. The van der Waals surface area contributed by atoms with Gasteiger partial charge in [-0.1, -0.05) is 17.7 Å². The third kappa shape index (κ3) is 3.93. The van der Waals surface area contributed by atoms with E-state index in [1.807, 2.05) is 19.1 Å². The van der Waals surface area contributed by atoms with Gasteiger partial charge in [0.15, 0.2) is 0 Å². The lowest BCUT2D eigenvalue weighted by Gasteiger charge is -2.37. The van der Waals surface area contributed by atoms with Crippen LogP contribution >= 0.6 is 11.6 Å². The molecule has 1 aromatic rings. The summed E-state index contributed by atoms with van der Waals surface area (Å²) in [5.74, 6) is 0.784. The first-order valence-corrected chi connectivity index (χ1v) is 8.72. The second kappa shape index (κ2) is 7.64. The quantitative estimate of drug-likeness (QED) is 0.899. The lowest BCUT2D eigenvalue weighted by Crippen LogP contribution is -2.50. The summed E-state index contributed by atoms with van der Waals surface area (Å²) in [4.78, 5) is 5.16. The van der Waals surface area contributed by atoms with E-state index in [9.17, 15) is 0 Å². The molecule has 1 atom stereocenters. The standard InChI is InChI=1S/C17H26ClN3O/c1-2-22-17-4-3-14(11-16(17)18)13-20-7-9-21(10-8-20)15-5-6-19-12-15/h3-4,11,15,19H,2,5-10,12-13H2,1H3/t15-/m0/s1. The molecule has 2 aliphatic rings. The molecule has 0 saturated carbocycles. The summed E-state index contributed by atoms with van der Waals surface area (Å²) in [5, 5.41) is 4.18. The van der Waals surface area contributed by atoms with Crippen LogP contribution in [-0.2, 0) is 6.54 Å². The molecular formula is C17H26ClN3O. The van der Waals surface area contributed by atoms with Gasteiger partial charge in [0.2, 0.25) is 0 Å². The maximum atomic E-state index is 6.28. The van der Waals surface area contributed by atoms with Gasteiger partial charge in [0.05, 0.1) is 11.6 Å². The number of rotatable bonds is 5. The summed E-state index contributed by atoms with van der Waals surface area (Å²) in [6, 6.07) is 6.91. The van der Waals surface area contributed by atoms with Crippen LogP contribution in [0.25, 0.3) is 0 Å². The molecule has 2 fully saturated rings. The van der Waals surface area contributed by atoms with Gasteiger partial charge >= 0.3 is 0 Å². The van der Waals surface area contributed by atoms with Crippen LogP contribution in [0.4, 0.5) is 0 Å². The molecule has 5 heteroatoms. The Hall–Kier alpha value is -0.810. The van der Waals surface area contributed by atoms with E-state index in [-0.39, 0.29) is 0 Å². The van der Waals surface area contributed by atoms with Crippen LogP contribution in [0, 0.1) is 0 Å². The van der Waals surface area contributed by atoms with Crippen LogP contribution in [0.15, 0.2) is 18.2 Å². The molecule has 3 rings (SSSR count). The fourth-order valence-electron chi connectivity index (χ4n) is 3.41. The van der Waals surface area contributed by atoms with E-state index in [0.717, 1.165) is 43.0 Å². The average Bonchev–Trinajstić information content (AvgIpc) is 3.05. The number of hydrogen-bond donors (Lipinski definition) is 1. The molecule has 1 N–H and O–H groups in total. The molecule has 0 radical (unpaired) electrons. The maximum Gasteiger partial charge on any atom is 0.137 e. The molecule has 2 saturated heterocycles. The van der Waals surface area contributed by atoms with Gasteiger partial charge in [0.25, 0.3) is 0 Å². The first kappa shape index (κ1) is 16.1. The molecule has 22 heavy (non-hydrogen) atoms. The lowest BCUT2D eigenvalue weighted by atomic mass is 10.1. The molecule has 0 bridgehead atoms. The van der Waals surface area contributed by atoms with Gasteiger partial charge in [0, 0.05) is 45.3 Å². The number of nitrogens with zero attached hydrogens (tertiary/aromatic N) is 2. The van der Waals surface area contributed by atoms with Gasteiger partial charge in [-0.05, 0) is 37.6 Å². The topological polar surface area (TPSA) is 27.7 Å². The Labute approximate surface area is 138 Å². The SMILES string of the molecule is CCOc1ccc(CN2CCN([C@H]3CCNC3)CC2)cc1Cl. The van der Waals surface area contributed by atoms with Crippen molar-refractivity contribution in [2.75, 3.05) is 45.9 Å². The fourth-order valence-corrected chi connectivity index (χ4v) is 3.67. The fraction of sp³-hybridized carbons (Fsp3) is 0.647. The number of nitrogens with one attached hydrogen (secondary N) is 1. The molecule has 0 amide bonds. The highest BCUT2D eigenvalue weighted by molar-refractivity contribution is 6.32. The number of piperazine rings is 1. The Kier molecular flexibility index (Phi) is 5.58. The molecular weight excluding hydrogens is 298 g/mol. The summed E-state index contributed by atoms with van der Waals surface area (Å²) in [6.07, 6.45) is 1.30. The van der Waals surface area contributed by atoms with E-state index in [1.165, 1.54) is 31.6 Å². The Balaban J connectivity index is 1.51. The number of ether oxygens (including phenoxy) is 1. The van der Waals surface area contributed by atoms with Crippen LogP contribution in [0.1, 0.15) is 18.9 Å². The minimum atomic E-state index is 0.650.